The standard InChI is InChI=1S/C16H28N2/c1-12(2)9-14-5-7-15(8-6-14)11-18-16(10-17)13(3)4/h5-8,12-13,16,18H,9-11,17H2,1-4H3. The van der Waals surface area contributed by atoms with Crippen LogP contribution >= 0.6 is 0 Å². The maximum Gasteiger partial charge on any atom is 0.0216 e. The molecule has 0 aromatic heterocycles. The molecule has 0 bridgehead atoms. The van der Waals surface area contributed by atoms with Crippen molar-refractivity contribution in [1.82, 2.24) is 5.32 Å². The first-order chi connectivity index (χ1) is 8.52. The Labute approximate surface area is 112 Å². The summed E-state index contributed by atoms with van der Waals surface area (Å²) in [6.07, 6.45) is 1.16. The van der Waals surface area contributed by atoms with Gasteiger partial charge in [-0.2, -0.15) is 0 Å². The van der Waals surface area contributed by atoms with Crippen LogP contribution in [-0.4, -0.2) is 12.6 Å². The highest BCUT2D eigenvalue weighted by Gasteiger charge is 2.09. The molecule has 1 atom stereocenters. The third kappa shape index (κ3) is 5.19. The summed E-state index contributed by atoms with van der Waals surface area (Å²) in [5.74, 6) is 1.30. The summed E-state index contributed by atoms with van der Waals surface area (Å²) in [6.45, 7) is 10.5. The van der Waals surface area contributed by atoms with Gasteiger partial charge in [0.05, 0.1) is 0 Å². The van der Waals surface area contributed by atoms with Gasteiger partial charge >= 0.3 is 0 Å². The van der Waals surface area contributed by atoms with E-state index < -0.39 is 0 Å². The minimum atomic E-state index is 0.403. The Morgan fingerprint density at radius 3 is 2.00 bits per heavy atom. The van der Waals surface area contributed by atoms with Gasteiger partial charge in [0.25, 0.3) is 0 Å². The monoisotopic (exact) mass is 248 g/mol. The van der Waals surface area contributed by atoms with E-state index in [9.17, 15) is 0 Å². The lowest BCUT2D eigenvalue weighted by Gasteiger charge is -2.20. The van der Waals surface area contributed by atoms with Gasteiger partial charge in [-0.1, -0.05) is 52.0 Å². The zero-order valence-electron chi connectivity index (χ0n) is 12.2. The summed E-state index contributed by atoms with van der Waals surface area (Å²) in [4.78, 5) is 0. The van der Waals surface area contributed by atoms with Crippen molar-refractivity contribution < 1.29 is 0 Å². The molecule has 0 aliphatic carbocycles. The van der Waals surface area contributed by atoms with E-state index in [1.807, 2.05) is 0 Å². The number of hydrogen-bond donors (Lipinski definition) is 2. The van der Waals surface area contributed by atoms with Crippen LogP contribution in [-0.2, 0) is 13.0 Å². The first kappa shape index (κ1) is 15.2. The van der Waals surface area contributed by atoms with Crippen LogP contribution in [0.25, 0.3) is 0 Å². The van der Waals surface area contributed by atoms with E-state index in [1.165, 1.54) is 11.1 Å². The zero-order valence-corrected chi connectivity index (χ0v) is 12.2. The molecular formula is C16H28N2. The SMILES string of the molecule is CC(C)Cc1ccc(CNC(CN)C(C)C)cc1. The van der Waals surface area contributed by atoms with Crippen LogP contribution in [0.4, 0.5) is 0 Å². The smallest absolute Gasteiger partial charge is 0.0216 e. The average Bonchev–Trinajstić information content (AvgIpc) is 2.31. The van der Waals surface area contributed by atoms with E-state index in [0.29, 0.717) is 18.5 Å². The summed E-state index contributed by atoms with van der Waals surface area (Å²) in [5, 5.41) is 3.52. The van der Waals surface area contributed by atoms with Crippen molar-refractivity contribution in [2.45, 2.75) is 46.7 Å². The van der Waals surface area contributed by atoms with E-state index in [4.69, 9.17) is 5.73 Å². The number of hydrogen-bond acceptors (Lipinski definition) is 2. The molecule has 0 amide bonds. The molecule has 0 saturated heterocycles. The summed E-state index contributed by atoms with van der Waals surface area (Å²) < 4.78 is 0. The van der Waals surface area contributed by atoms with Crippen molar-refractivity contribution in [2.75, 3.05) is 6.54 Å². The highest BCUT2D eigenvalue weighted by molar-refractivity contribution is 5.22. The Morgan fingerprint density at radius 2 is 1.56 bits per heavy atom. The summed E-state index contributed by atoms with van der Waals surface area (Å²) in [7, 11) is 0. The Balaban J connectivity index is 2.48. The van der Waals surface area contributed by atoms with Crippen molar-refractivity contribution in [3.8, 4) is 0 Å². The third-order valence-electron chi connectivity index (χ3n) is 3.29. The molecule has 1 aromatic carbocycles. The lowest BCUT2D eigenvalue weighted by atomic mass is 10.0. The molecule has 18 heavy (non-hydrogen) atoms. The predicted octanol–water partition coefficient (Wildman–Crippen LogP) is 2.96. The zero-order chi connectivity index (χ0) is 13.5. The maximum absolute atomic E-state index is 5.75. The molecule has 0 aliphatic heterocycles. The molecule has 0 heterocycles. The molecule has 0 aliphatic rings. The summed E-state index contributed by atoms with van der Waals surface area (Å²) >= 11 is 0. The van der Waals surface area contributed by atoms with Crippen molar-refractivity contribution >= 4 is 0 Å². The van der Waals surface area contributed by atoms with Gasteiger partial charge in [0.1, 0.15) is 0 Å². The van der Waals surface area contributed by atoms with Crippen LogP contribution in [0.5, 0.6) is 0 Å². The maximum atomic E-state index is 5.75. The molecule has 102 valence electrons. The third-order valence-corrected chi connectivity index (χ3v) is 3.29. The molecule has 1 rings (SSSR count). The van der Waals surface area contributed by atoms with Crippen molar-refractivity contribution in [2.24, 2.45) is 17.6 Å². The molecule has 0 spiro atoms. The molecule has 0 saturated carbocycles. The van der Waals surface area contributed by atoms with Crippen molar-refractivity contribution in [1.29, 1.82) is 0 Å². The number of rotatable bonds is 7. The van der Waals surface area contributed by atoms with Crippen LogP contribution < -0.4 is 11.1 Å². The van der Waals surface area contributed by atoms with Crippen LogP contribution in [0.3, 0.4) is 0 Å². The quantitative estimate of drug-likeness (QED) is 0.778. The lowest BCUT2D eigenvalue weighted by Crippen LogP contribution is -2.39. The van der Waals surface area contributed by atoms with E-state index in [2.05, 4.69) is 57.3 Å². The van der Waals surface area contributed by atoms with Gasteiger partial charge < -0.3 is 11.1 Å². The number of nitrogens with one attached hydrogen (secondary N) is 1. The Hall–Kier alpha value is -0.860. The number of benzene rings is 1. The second-order valence-corrected chi connectivity index (χ2v) is 5.88. The van der Waals surface area contributed by atoms with E-state index in [0.717, 1.165) is 18.9 Å². The highest BCUT2D eigenvalue weighted by atomic mass is 14.9. The second kappa shape index (κ2) is 7.55. The number of nitrogens with two attached hydrogens (primary N) is 1. The Bertz CT molecular complexity index is 327. The van der Waals surface area contributed by atoms with Gasteiger partial charge in [-0.05, 0) is 29.4 Å². The van der Waals surface area contributed by atoms with Gasteiger partial charge in [-0.25, -0.2) is 0 Å². The molecule has 1 aromatic rings. The van der Waals surface area contributed by atoms with Gasteiger partial charge in [0.2, 0.25) is 0 Å². The minimum Gasteiger partial charge on any atom is -0.329 e. The highest BCUT2D eigenvalue weighted by Crippen LogP contribution is 2.10. The van der Waals surface area contributed by atoms with Crippen molar-refractivity contribution in [3.05, 3.63) is 35.4 Å². The molecule has 0 radical (unpaired) electrons. The minimum absolute atomic E-state index is 0.403. The normalized spacial score (nSPS) is 13.3. The van der Waals surface area contributed by atoms with Crippen LogP contribution in [0.15, 0.2) is 24.3 Å². The first-order valence-corrected chi connectivity index (χ1v) is 7.04. The van der Waals surface area contributed by atoms with Gasteiger partial charge in [0, 0.05) is 19.1 Å². The first-order valence-electron chi connectivity index (χ1n) is 7.04. The van der Waals surface area contributed by atoms with E-state index >= 15 is 0 Å². The molecule has 3 N–H and O–H groups in total. The molecule has 0 fully saturated rings. The molecular weight excluding hydrogens is 220 g/mol. The fraction of sp³-hybridized carbons (Fsp3) is 0.625. The summed E-state index contributed by atoms with van der Waals surface area (Å²) in [5.41, 5.74) is 8.51. The fourth-order valence-corrected chi connectivity index (χ4v) is 2.10. The fourth-order valence-electron chi connectivity index (χ4n) is 2.10. The van der Waals surface area contributed by atoms with Gasteiger partial charge in [-0.3, -0.25) is 0 Å². The predicted molar refractivity (Wildman–Crippen MR) is 79.5 cm³/mol. The topological polar surface area (TPSA) is 38.0 Å². The van der Waals surface area contributed by atoms with Crippen molar-refractivity contribution in [3.63, 3.8) is 0 Å². The van der Waals surface area contributed by atoms with Gasteiger partial charge in [-0.15, -0.1) is 0 Å². The van der Waals surface area contributed by atoms with Gasteiger partial charge in [0.15, 0.2) is 0 Å². The molecule has 2 nitrogen and oxygen atoms in total. The van der Waals surface area contributed by atoms with E-state index in [-0.39, 0.29) is 0 Å². The van der Waals surface area contributed by atoms with Crippen LogP contribution in [0.2, 0.25) is 0 Å². The summed E-state index contributed by atoms with van der Waals surface area (Å²) in [6, 6.07) is 9.32. The molecule has 1 unspecified atom stereocenters. The van der Waals surface area contributed by atoms with Crippen LogP contribution in [0.1, 0.15) is 38.8 Å². The average molecular weight is 248 g/mol. The molecule has 2 heteroatoms. The van der Waals surface area contributed by atoms with E-state index in [1.54, 1.807) is 0 Å². The Kier molecular flexibility index (Phi) is 6.37. The van der Waals surface area contributed by atoms with Crippen LogP contribution in [0, 0.1) is 11.8 Å². The second-order valence-electron chi connectivity index (χ2n) is 5.88. The lowest BCUT2D eigenvalue weighted by molar-refractivity contribution is 0.405. The Morgan fingerprint density at radius 1 is 1.00 bits per heavy atom. The largest absolute Gasteiger partial charge is 0.329 e.